The molecule has 0 aromatic heterocycles. The smallest absolute Gasteiger partial charge is 0.137 e. The molecule has 0 N–H and O–H groups in total. The highest BCUT2D eigenvalue weighted by Crippen LogP contribution is 2.13. The third kappa shape index (κ3) is 4.93. The number of hydrogen-bond acceptors (Lipinski definition) is 1. The fourth-order valence-electron chi connectivity index (χ4n) is 1.32. The van der Waals surface area contributed by atoms with Crippen molar-refractivity contribution in [3.05, 3.63) is 46.5 Å². The SMILES string of the molecule is C=C(C)CCC(=O)Cc1cccc(Br)c1. The Labute approximate surface area is 99.3 Å². The van der Waals surface area contributed by atoms with E-state index >= 15 is 0 Å². The molecule has 0 aliphatic heterocycles. The number of rotatable bonds is 5. The van der Waals surface area contributed by atoms with Crippen LogP contribution in [0.5, 0.6) is 0 Å². The number of carbonyl (C=O) groups is 1. The van der Waals surface area contributed by atoms with Gasteiger partial charge in [0.05, 0.1) is 0 Å². The summed E-state index contributed by atoms with van der Waals surface area (Å²) in [6.07, 6.45) is 1.92. The number of hydrogen-bond donors (Lipinski definition) is 0. The lowest BCUT2D eigenvalue weighted by Crippen LogP contribution is -2.02. The standard InChI is InChI=1S/C13H15BrO/c1-10(2)6-7-13(15)9-11-4-3-5-12(14)8-11/h3-5,8H,1,6-7,9H2,2H3. The molecule has 15 heavy (non-hydrogen) atoms. The maximum atomic E-state index is 11.6. The molecule has 1 aromatic rings. The van der Waals surface area contributed by atoms with Crippen molar-refractivity contribution < 1.29 is 4.79 Å². The molecule has 0 amide bonds. The first-order valence-electron chi connectivity index (χ1n) is 4.98. The predicted molar refractivity (Wildman–Crippen MR) is 66.9 cm³/mol. The first kappa shape index (κ1) is 12.2. The van der Waals surface area contributed by atoms with E-state index in [2.05, 4.69) is 22.5 Å². The zero-order chi connectivity index (χ0) is 11.3. The normalized spacial score (nSPS) is 10.0. The van der Waals surface area contributed by atoms with E-state index in [1.54, 1.807) is 0 Å². The molecular formula is C13H15BrO. The third-order valence-electron chi connectivity index (χ3n) is 2.12. The van der Waals surface area contributed by atoms with Crippen LogP contribution in [-0.2, 0) is 11.2 Å². The van der Waals surface area contributed by atoms with Crippen molar-refractivity contribution in [3.8, 4) is 0 Å². The molecule has 0 unspecified atom stereocenters. The van der Waals surface area contributed by atoms with Gasteiger partial charge in [0.25, 0.3) is 0 Å². The molecule has 1 rings (SSSR count). The van der Waals surface area contributed by atoms with Crippen molar-refractivity contribution in [2.24, 2.45) is 0 Å². The minimum absolute atomic E-state index is 0.274. The van der Waals surface area contributed by atoms with Crippen LogP contribution in [0, 0.1) is 0 Å². The van der Waals surface area contributed by atoms with E-state index in [1.165, 1.54) is 0 Å². The molecule has 0 aliphatic rings. The number of Topliss-reactive ketones (excluding diaryl/α,β-unsaturated/α-hetero) is 1. The molecule has 2 heteroatoms. The van der Waals surface area contributed by atoms with E-state index in [0.29, 0.717) is 12.8 Å². The van der Waals surface area contributed by atoms with Crippen LogP contribution in [0.15, 0.2) is 40.9 Å². The van der Waals surface area contributed by atoms with Gasteiger partial charge in [-0.15, -0.1) is 6.58 Å². The van der Waals surface area contributed by atoms with Crippen LogP contribution in [0.3, 0.4) is 0 Å². The Hall–Kier alpha value is -0.890. The number of allylic oxidation sites excluding steroid dienone is 1. The summed E-state index contributed by atoms with van der Waals surface area (Å²) < 4.78 is 1.02. The van der Waals surface area contributed by atoms with E-state index < -0.39 is 0 Å². The molecule has 0 radical (unpaired) electrons. The van der Waals surface area contributed by atoms with Crippen molar-refractivity contribution >= 4 is 21.7 Å². The first-order valence-corrected chi connectivity index (χ1v) is 5.78. The minimum Gasteiger partial charge on any atom is -0.299 e. The minimum atomic E-state index is 0.274. The molecule has 1 nitrogen and oxygen atoms in total. The van der Waals surface area contributed by atoms with E-state index in [9.17, 15) is 4.79 Å². The van der Waals surface area contributed by atoms with Gasteiger partial charge in [-0.3, -0.25) is 4.79 Å². The van der Waals surface area contributed by atoms with Crippen molar-refractivity contribution in [1.29, 1.82) is 0 Å². The van der Waals surface area contributed by atoms with Crippen LogP contribution in [0.2, 0.25) is 0 Å². The summed E-state index contributed by atoms with van der Waals surface area (Å²) in [6.45, 7) is 5.74. The second kappa shape index (κ2) is 5.86. The van der Waals surface area contributed by atoms with E-state index in [1.807, 2.05) is 31.2 Å². The molecule has 1 aromatic carbocycles. The highest BCUT2D eigenvalue weighted by Gasteiger charge is 2.03. The largest absolute Gasteiger partial charge is 0.299 e. The van der Waals surface area contributed by atoms with Crippen molar-refractivity contribution in [3.63, 3.8) is 0 Å². The van der Waals surface area contributed by atoms with Gasteiger partial charge in [-0.1, -0.05) is 33.6 Å². The van der Waals surface area contributed by atoms with Crippen molar-refractivity contribution in [2.75, 3.05) is 0 Å². The van der Waals surface area contributed by atoms with E-state index in [-0.39, 0.29) is 5.78 Å². The van der Waals surface area contributed by atoms with Gasteiger partial charge >= 0.3 is 0 Å². The molecule has 0 heterocycles. The second-order valence-corrected chi connectivity index (χ2v) is 4.72. The maximum absolute atomic E-state index is 11.6. The van der Waals surface area contributed by atoms with Gasteiger partial charge in [0.15, 0.2) is 0 Å². The van der Waals surface area contributed by atoms with Gasteiger partial charge < -0.3 is 0 Å². The Morgan fingerprint density at radius 1 is 1.40 bits per heavy atom. The average Bonchev–Trinajstić information content (AvgIpc) is 2.15. The molecule has 0 saturated heterocycles. The fourth-order valence-corrected chi connectivity index (χ4v) is 1.76. The number of ketones is 1. The van der Waals surface area contributed by atoms with Gasteiger partial charge in [0, 0.05) is 17.3 Å². The number of benzene rings is 1. The van der Waals surface area contributed by atoms with Crippen LogP contribution in [0.4, 0.5) is 0 Å². The lowest BCUT2D eigenvalue weighted by atomic mass is 10.0. The molecule has 0 atom stereocenters. The fraction of sp³-hybridized carbons (Fsp3) is 0.308. The van der Waals surface area contributed by atoms with Crippen molar-refractivity contribution in [1.82, 2.24) is 0 Å². The Bertz CT molecular complexity index is 369. The molecule has 0 saturated carbocycles. The van der Waals surface area contributed by atoms with Crippen molar-refractivity contribution in [2.45, 2.75) is 26.2 Å². The topological polar surface area (TPSA) is 17.1 Å². The van der Waals surface area contributed by atoms with Crippen LogP contribution in [0.25, 0.3) is 0 Å². The van der Waals surface area contributed by atoms with Crippen LogP contribution >= 0.6 is 15.9 Å². The number of halogens is 1. The number of carbonyl (C=O) groups excluding carboxylic acids is 1. The summed E-state index contributed by atoms with van der Waals surface area (Å²) in [5, 5.41) is 0. The highest BCUT2D eigenvalue weighted by atomic mass is 79.9. The summed E-state index contributed by atoms with van der Waals surface area (Å²) in [6, 6.07) is 7.87. The molecular weight excluding hydrogens is 252 g/mol. The van der Waals surface area contributed by atoms with Crippen LogP contribution in [-0.4, -0.2) is 5.78 Å². The predicted octanol–water partition coefficient (Wildman–Crippen LogP) is 3.92. The Kier molecular flexibility index (Phi) is 4.76. The van der Waals surface area contributed by atoms with Crippen LogP contribution < -0.4 is 0 Å². The summed E-state index contributed by atoms with van der Waals surface area (Å²) in [5.41, 5.74) is 2.13. The lowest BCUT2D eigenvalue weighted by molar-refractivity contribution is -0.118. The van der Waals surface area contributed by atoms with Gasteiger partial charge in [-0.05, 0) is 31.0 Å². The van der Waals surface area contributed by atoms with Crippen LogP contribution in [0.1, 0.15) is 25.3 Å². The summed E-state index contributed by atoms with van der Waals surface area (Å²) in [7, 11) is 0. The first-order chi connectivity index (χ1) is 7.08. The lowest BCUT2D eigenvalue weighted by Gasteiger charge is -2.01. The van der Waals surface area contributed by atoms with Gasteiger partial charge in [-0.25, -0.2) is 0 Å². The van der Waals surface area contributed by atoms with E-state index in [0.717, 1.165) is 22.0 Å². The highest BCUT2D eigenvalue weighted by molar-refractivity contribution is 9.10. The van der Waals surface area contributed by atoms with E-state index in [4.69, 9.17) is 0 Å². The molecule has 0 fully saturated rings. The van der Waals surface area contributed by atoms with Gasteiger partial charge in [0.2, 0.25) is 0 Å². The molecule has 0 spiro atoms. The zero-order valence-electron chi connectivity index (χ0n) is 8.92. The summed E-state index contributed by atoms with van der Waals surface area (Å²) in [4.78, 5) is 11.6. The monoisotopic (exact) mass is 266 g/mol. The Morgan fingerprint density at radius 3 is 2.73 bits per heavy atom. The quantitative estimate of drug-likeness (QED) is 0.739. The average molecular weight is 267 g/mol. The Balaban J connectivity index is 2.48. The van der Waals surface area contributed by atoms with Gasteiger partial charge in [-0.2, -0.15) is 0 Å². The summed E-state index contributed by atoms with van der Waals surface area (Å²) in [5.74, 6) is 0.274. The zero-order valence-corrected chi connectivity index (χ0v) is 10.5. The maximum Gasteiger partial charge on any atom is 0.137 e. The molecule has 0 bridgehead atoms. The Morgan fingerprint density at radius 2 is 2.13 bits per heavy atom. The molecule has 0 aliphatic carbocycles. The second-order valence-electron chi connectivity index (χ2n) is 3.80. The molecule has 80 valence electrons. The summed E-state index contributed by atoms with van der Waals surface area (Å²) >= 11 is 3.39. The third-order valence-corrected chi connectivity index (χ3v) is 2.61. The van der Waals surface area contributed by atoms with Gasteiger partial charge in [0.1, 0.15) is 5.78 Å².